The largest absolute Gasteiger partial charge is 0.329 e. The molecule has 1 saturated carbocycles. The highest BCUT2D eigenvalue weighted by molar-refractivity contribution is 5.02. The van der Waals surface area contributed by atoms with E-state index in [4.69, 9.17) is 5.73 Å². The Morgan fingerprint density at radius 1 is 1.33 bits per heavy atom. The van der Waals surface area contributed by atoms with Crippen LogP contribution < -0.4 is 11.1 Å². The van der Waals surface area contributed by atoms with E-state index in [0.717, 1.165) is 13.1 Å². The molecule has 1 aliphatic heterocycles. The summed E-state index contributed by atoms with van der Waals surface area (Å²) in [4.78, 5) is 2.56. The van der Waals surface area contributed by atoms with Crippen LogP contribution in [0.5, 0.6) is 0 Å². The van der Waals surface area contributed by atoms with Crippen LogP contribution in [0, 0.1) is 5.41 Å². The minimum Gasteiger partial charge on any atom is -0.329 e. The first-order chi connectivity index (χ1) is 8.36. The van der Waals surface area contributed by atoms with Gasteiger partial charge in [-0.25, -0.2) is 0 Å². The van der Waals surface area contributed by atoms with Crippen molar-refractivity contribution in [3.8, 4) is 0 Å². The van der Waals surface area contributed by atoms with Crippen molar-refractivity contribution in [3.63, 3.8) is 0 Å². The van der Waals surface area contributed by atoms with E-state index in [-0.39, 0.29) is 5.54 Å². The van der Waals surface area contributed by atoms with E-state index in [1.54, 1.807) is 0 Å². The number of hydrogen-bond acceptors (Lipinski definition) is 3. The van der Waals surface area contributed by atoms with E-state index in [0.29, 0.717) is 17.5 Å². The molecule has 3 heteroatoms. The number of hydrogen-bond donors (Lipinski definition) is 2. The van der Waals surface area contributed by atoms with Crippen LogP contribution in [0.1, 0.15) is 53.4 Å². The summed E-state index contributed by atoms with van der Waals surface area (Å²) in [7, 11) is 0. The predicted octanol–water partition coefficient (Wildman–Crippen LogP) is 1.97. The van der Waals surface area contributed by atoms with Gasteiger partial charge in [-0.05, 0) is 44.9 Å². The molecule has 1 heterocycles. The number of likely N-dealkylation sites (tertiary alicyclic amines) is 1. The summed E-state index contributed by atoms with van der Waals surface area (Å²) in [6.45, 7) is 12.4. The van der Waals surface area contributed by atoms with Crippen LogP contribution >= 0.6 is 0 Å². The topological polar surface area (TPSA) is 41.3 Å². The lowest BCUT2D eigenvalue weighted by Gasteiger charge is -2.34. The van der Waals surface area contributed by atoms with Gasteiger partial charge in [0, 0.05) is 37.3 Å². The zero-order chi connectivity index (χ0) is 13.4. The standard InChI is InChI=1S/C15H31N3/c1-12(2)18-8-7-15(10-16,11-18)17-13-5-6-14(3,4)9-13/h12-13,17H,5-11,16H2,1-4H3. The Morgan fingerprint density at radius 2 is 2.06 bits per heavy atom. The van der Waals surface area contributed by atoms with Crippen molar-refractivity contribution in [1.82, 2.24) is 10.2 Å². The SMILES string of the molecule is CC(C)N1CCC(CN)(NC2CCC(C)(C)C2)C1. The molecule has 2 unspecified atom stereocenters. The van der Waals surface area contributed by atoms with Gasteiger partial charge in [-0.3, -0.25) is 4.90 Å². The Morgan fingerprint density at radius 3 is 2.50 bits per heavy atom. The van der Waals surface area contributed by atoms with Crippen molar-refractivity contribution >= 4 is 0 Å². The highest BCUT2D eigenvalue weighted by atomic mass is 15.2. The molecule has 3 N–H and O–H groups in total. The summed E-state index contributed by atoms with van der Waals surface area (Å²) in [6, 6.07) is 1.32. The minimum atomic E-state index is 0.176. The molecule has 0 bridgehead atoms. The highest BCUT2D eigenvalue weighted by Gasteiger charge is 2.41. The van der Waals surface area contributed by atoms with Crippen LogP contribution in [0.25, 0.3) is 0 Å². The van der Waals surface area contributed by atoms with Gasteiger partial charge in [-0.15, -0.1) is 0 Å². The predicted molar refractivity (Wildman–Crippen MR) is 77.7 cm³/mol. The second kappa shape index (κ2) is 5.10. The first-order valence-electron chi connectivity index (χ1n) is 7.58. The third kappa shape index (κ3) is 3.06. The summed E-state index contributed by atoms with van der Waals surface area (Å²) in [5.41, 5.74) is 6.78. The van der Waals surface area contributed by atoms with Gasteiger partial charge in [-0.2, -0.15) is 0 Å². The molecule has 0 aromatic heterocycles. The normalized spacial score (nSPS) is 36.7. The van der Waals surface area contributed by atoms with E-state index < -0.39 is 0 Å². The molecule has 0 radical (unpaired) electrons. The minimum absolute atomic E-state index is 0.176. The van der Waals surface area contributed by atoms with Gasteiger partial charge in [-0.1, -0.05) is 13.8 Å². The Balaban J connectivity index is 1.94. The van der Waals surface area contributed by atoms with E-state index >= 15 is 0 Å². The zero-order valence-corrected chi connectivity index (χ0v) is 12.6. The molecular weight excluding hydrogens is 222 g/mol. The summed E-state index contributed by atoms with van der Waals surface area (Å²) in [5.74, 6) is 0. The zero-order valence-electron chi connectivity index (χ0n) is 12.6. The second-order valence-electron chi connectivity index (χ2n) is 7.55. The van der Waals surface area contributed by atoms with Crippen molar-refractivity contribution < 1.29 is 0 Å². The van der Waals surface area contributed by atoms with Crippen molar-refractivity contribution in [1.29, 1.82) is 0 Å². The Bertz CT molecular complexity index is 287. The molecule has 106 valence electrons. The quantitative estimate of drug-likeness (QED) is 0.805. The van der Waals surface area contributed by atoms with Gasteiger partial charge in [0.1, 0.15) is 0 Å². The molecular formula is C15H31N3. The fourth-order valence-electron chi connectivity index (χ4n) is 3.68. The van der Waals surface area contributed by atoms with Gasteiger partial charge in [0.05, 0.1) is 0 Å². The van der Waals surface area contributed by atoms with Crippen molar-refractivity contribution in [2.75, 3.05) is 19.6 Å². The summed E-state index contributed by atoms with van der Waals surface area (Å²) >= 11 is 0. The van der Waals surface area contributed by atoms with Gasteiger partial charge in [0.2, 0.25) is 0 Å². The Labute approximate surface area is 112 Å². The van der Waals surface area contributed by atoms with E-state index in [9.17, 15) is 0 Å². The number of rotatable bonds is 4. The van der Waals surface area contributed by atoms with Crippen LogP contribution in [0.2, 0.25) is 0 Å². The van der Waals surface area contributed by atoms with Crippen LogP contribution in [-0.2, 0) is 0 Å². The van der Waals surface area contributed by atoms with Gasteiger partial charge in [0.25, 0.3) is 0 Å². The maximum atomic E-state index is 6.09. The van der Waals surface area contributed by atoms with Crippen LogP contribution in [0.3, 0.4) is 0 Å². The molecule has 0 aromatic rings. The number of nitrogens with two attached hydrogens (primary N) is 1. The lowest BCUT2D eigenvalue weighted by Crippen LogP contribution is -2.56. The molecule has 0 spiro atoms. The third-order valence-corrected chi connectivity index (χ3v) is 4.98. The molecule has 2 rings (SSSR count). The van der Waals surface area contributed by atoms with Crippen LogP contribution in [0.15, 0.2) is 0 Å². The van der Waals surface area contributed by atoms with Gasteiger partial charge < -0.3 is 11.1 Å². The fourth-order valence-corrected chi connectivity index (χ4v) is 3.68. The molecule has 2 atom stereocenters. The van der Waals surface area contributed by atoms with E-state index in [1.807, 2.05) is 0 Å². The molecule has 3 nitrogen and oxygen atoms in total. The van der Waals surface area contributed by atoms with Crippen molar-refractivity contribution in [2.45, 2.75) is 71.0 Å². The second-order valence-corrected chi connectivity index (χ2v) is 7.55. The fraction of sp³-hybridized carbons (Fsp3) is 1.00. The van der Waals surface area contributed by atoms with Gasteiger partial charge >= 0.3 is 0 Å². The number of nitrogens with one attached hydrogen (secondary N) is 1. The van der Waals surface area contributed by atoms with Crippen molar-refractivity contribution in [3.05, 3.63) is 0 Å². The van der Waals surface area contributed by atoms with E-state index in [1.165, 1.54) is 32.2 Å². The Hall–Kier alpha value is -0.120. The smallest absolute Gasteiger partial charge is 0.0447 e. The molecule has 2 fully saturated rings. The molecule has 0 amide bonds. The molecule has 1 aliphatic carbocycles. The number of nitrogens with zero attached hydrogens (tertiary/aromatic N) is 1. The lowest BCUT2D eigenvalue weighted by molar-refractivity contribution is 0.227. The van der Waals surface area contributed by atoms with Crippen LogP contribution in [-0.4, -0.2) is 42.2 Å². The average Bonchev–Trinajstić information content (AvgIpc) is 2.84. The average molecular weight is 253 g/mol. The molecule has 0 aromatic carbocycles. The lowest BCUT2D eigenvalue weighted by atomic mass is 9.91. The first-order valence-corrected chi connectivity index (χ1v) is 7.58. The van der Waals surface area contributed by atoms with Gasteiger partial charge in [0.15, 0.2) is 0 Å². The Kier molecular flexibility index (Phi) is 4.05. The third-order valence-electron chi connectivity index (χ3n) is 4.98. The maximum Gasteiger partial charge on any atom is 0.0447 e. The first kappa shape index (κ1) is 14.3. The highest BCUT2D eigenvalue weighted by Crippen LogP contribution is 2.38. The summed E-state index contributed by atoms with van der Waals surface area (Å²) in [6.07, 6.45) is 5.17. The van der Waals surface area contributed by atoms with E-state index in [2.05, 4.69) is 37.9 Å². The molecule has 18 heavy (non-hydrogen) atoms. The molecule has 1 saturated heterocycles. The maximum absolute atomic E-state index is 6.09. The molecule has 2 aliphatic rings. The summed E-state index contributed by atoms with van der Waals surface area (Å²) in [5, 5.41) is 3.91. The van der Waals surface area contributed by atoms with Crippen molar-refractivity contribution in [2.24, 2.45) is 11.1 Å². The monoisotopic (exact) mass is 253 g/mol. The van der Waals surface area contributed by atoms with Crippen LogP contribution in [0.4, 0.5) is 0 Å². The summed E-state index contributed by atoms with van der Waals surface area (Å²) < 4.78 is 0.